The monoisotopic (exact) mass is 340 g/mol. The largest absolute Gasteiger partial charge is 0.490 e. The first-order valence-corrected chi connectivity index (χ1v) is 6.99. The summed E-state index contributed by atoms with van der Waals surface area (Å²) in [6.45, 7) is 5.25. The highest BCUT2D eigenvalue weighted by atomic mass is 35.5. The predicted molar refractivity (Wildman–Crippen MR) is 85.8 cm³/mol. The lowest BCUT2D eigenvalue weighted by atomic mass is 10.2. The molecule has 1 amide bonds. The fourth-order valence-corrected chi connectivity index (χ4v) is 1.72. The van der Waals surface area contributed by atoms with Crippen LogP contribution in [0.2, 0.25) is 5.02 Å². The standard InChI is InChI=1S/C15H17ClN2O5/c1-15(2,3)23-14(19)17-7-5-6-10-8-12(18(20)21)13(22-4)9-11(10)16/h8-9H,7H2,1-4H3,(H,17,19). The summed E-state index contributed by atoms with van der Waals surface area (Å²) in [5.41, 5.74) is -0.566. The molecule has 23 heavy (non-hydrogen) atoms. The second-order valence-corrected chi connectivity index (χ2v) is 5.83. The molecule has 1 rings (SSSR count). The van der Waals surface area contributed by atoms with Crippen LogP contribution in [0.4, 0.5) is 10.5 Å². The minimum absolute atomic E-state index is 0.0189. The maximum atomic E-state index is 11.4. The molecule has 0 heterocycles. The van der Waals surface area contributed by atoms with Gasteiger partial charge in [0.15, 0.2) is 5.75 Å². The van der Waals surface area contributed by atoms with E-state index in [1.54, 1.807) is 20.8 Å². The van der Waals surface area contributed by atoms with E-state index in [0.29, 0.717) is 0 Å². The number of hydrogen-bond donors (Lipinski definition) is 1. The molecule has 0 radical (unpaired) electrons. The molecule has 0 aliphatic rings. The van der Waals surface area contributed by atoms with Crippen LogP contribution in [0, 0.1) is 22.0 Å². The van der Waals surface area contributed by atoms with E-state index < -0.39 is 16.6 Å². The summed E-state index contributed by atoms with van der Waals surface area (Å²) in [5, 5.41) is 13.6. The second kappa shape index (κ2) is 7.70. The molecule has 0 saturated heterocycles. The van der Waals surface area contributed by atoms with E-state index in [0.717, 1.165) is 0 Å². The van der Waals surface area contributed by atoms with Crippen LogP contribution in [0.1, 0.15) is 26.3 Å². The maximum absolute atomic E-state index is 11.4. The van der Waals surface area contributed by atoms with Crippen molar-refractivity contribution >= 4 is 23.4 Å². The Bertz CT molecular complexity index is 671. The minimum atomic E-state index is -0.600. The molecular weight excluding hydrogens is 324 g/mol. The van der Waals surface area contributed by atoms with Gasteiger partial charge in [-0.2, -0.15) is 0 Å². The molecule has 0 aromatic heterocycles. The fraction of sp³-hybridized carbons (Fsp3) is 0.400. The summed E-state index contributed by atoms with van der Waals surface area (Å²) in [4.78, 5) is 21.8. The van der Waals surface area contributed by atoms with Gasteiger partial charge in [0.1, 0.15) is 5.60 Å². The summed E-state index contributed by atoms with van der Waals surface area (Å²) >= 11 is 6.00. The summed E-state index contributed by atoms with van der Waals surface area (Å²) in [7, 11) is 1.31. The number of halogens is 1. The third-order valence-electron chi connectivity index (χ3n) is 2.41. The lowest BCUT2D eigenvalue weighted by molar-refractivity contribution is -0.385. The quantitative estimate of drug-likeness (QED) is 0.518. The van der Waals surface area contributed by atoms with Gasteiger partial charge in [-0.15, -0.1) is 0 Å². The Kier molecular flexibility index (Phi) is 6.22. The normalized spacial score (nSPS) is 10.3. The average Bonchev–Trinajstić information content (AvgIpc) is 2.42. The highest BCUT2D eigenvalue weighted by Gasteiger charge is 2.17. The number of benzene rings is 1. The number of nitrogens with one attached hydrogen (secondary N) is 1. The van der Waals surface area contributed by atoms with Crippen LogP contribution in [0.25, 0.3) is 0 Å². The number of amides is 1. The molecule has 1 aromatic carbocycles. The number of carbonyl (C=O) groups excluding carboxylic acids is 1. The van der Waals surface area contributed by atoms with Crippen molar-refractivity contribution in [3.8, 4) is 17.6 Å². The van der Waals surface area contributed by atoms with Gasteiger partial charge in [-0.3, -0.25) is 10.1 Å². The molecule has 0 atom stereocenters. The number of rotatable bonds is 3. The Morgan fingerprint density at radius 1 is 1.43 bits per heavy atom. The van der Waals surface area contributed by atoms with Crippen LogP contribution in [0.15, 0.2) is 12.1 Å². The van der Waals surface area contributed by atoms with Crippen LogP contribution in [-0.2, 0) is 4.74 Å². The van der Waals surface area contributed by atoms with Crippen molar-refractivity contribution in [1.82, 2.24) is 5.32 Å². The molecule has 0 aliphatic heterocycles. The molecule has 7 nitrogen and oxygen atoms in total. The molecule has 1 N–H and O–H groups in total. The Hall–Kier alpha value is -2.46. The Morgan fingerprint density at radius 2 is 2.09 bits per heavy atom. The molecule has 8 heteroatoms. The smallest absolute Gasteiger partial charge is 0.408 e. The van der Waals surface area contributed by atoms with Crippen molar-refractivity contribution < 1.29 is 19.2 Å². The van der Waals surface area contributed by atoms with Crippen molar-refractivity contribution in [3.05, 3.63) is 32.8 Å². The number of nitro groups is 1. The van der Waals surface area contributed by atoms with Crippen LogP contribution in [-0.4, -0.2) is 30.3 Å². The topological polar surface area (TPSA) is 90.7 Å². The molecular formula is C15H17ClN2O5. The van der Waals surface area contributed by atoms with Crippen molar-refractivity contribution in [1.29, 1.82) is 0 Å². The Morgan fingerprint density at radius 3 is 2.61 bits per heavy atom. The van der Waals surface area contributed by atoms with E-state index >= 15 is 0 Å². The Balaban J connectivity index is 2.81. The number of ether oxygens (including phenoxy) is 2. The third kappa shape index (κ3) is 6.04. The zero-order valence-electron chi connectivity index (χ0n) is 13.2. The van der Waals surface area contributed by atoms with Gasteiger partial charge < -0.3 is 14.8 Å². The summed E-state index contributed by atoms with van der Waals surface area (Å²) < 4.78 is 9.94. The van der Waals surface area contributed by atoms with Crippen molar-refractivity contribution in [2.45, 2.75) is 26.4 Å². The highest BCUT2D eigenvalue weighted by molar-refractivity contribution is 6.32. The summed E-state index contributed by atoms with van der Waals surface area (Å²) in [6, 6.07) is 2.55. The molecule has 0 aliphatic carbocycles. The first-order chi connectivity index (χ1) is 10.6. The van der Waals surface area contributed by atoms with E-state index in [4.69, 9.17) is 21.1 Å². The lowest BCUT2D eigenvalue weighted by Crippen LogP contribution is -2.32. The van der Waals surface area contributed by atoms with E-state index in [9.17, 15) is 14.9 Å². The van der Waals surface area contributed by atoms with Crippen LogP contribution >= 0.6 is 11.6 Å². The Labute approximate surface area is 139 Å². The lowest BCUT2D eigenvalue weighted by Gasteiger charge is -2.19. The van der Waals surface area contributed by atoms with E-state index in [1.165, 1.54) is 19.2 Å². The SMILES string of the molecule is COc1cc(Cl)c(C#CCNC(=O)OC(C)(C)C)cc1[N+](=O)[O-]. The van der Waals surface area contributed by atoms with Gasteiger partial charge in [0.05, 0.1) is 29.2 Å². The van der Waals surface area contributed by atoms with Gasteiger partial charge in [0.25, 0.3) is 0 Å². The first kappa shape index (κ1) is 18.6. The van der Waals surface area contributed by atoms with Gasteiger partial charge >= 0.3 is 11.8 Å². The number of alkyl carbamates (subject to hydrolysis) is 1. The summed E-state index contributed by atoms with van der Waals surface area (Å²) in [5.74, 6) is 5.37. The molecule has 0 fully saturated rings. The summed E-state index contributed by atoms with van der Waals surface area (Å²) in [6.07, 6.45) is -0.599. The fourth-order valence-electron chi connectivity index (χ4n) is 1.52. The van der Waals surface area contributed by atoms with E-state index in [-0.39, 0.29) is 28.6 Å². The van der Waals surface area contributed by atoms with Gasteiger partial charge in [0, 0.05) is 12.1 Å². The zero-order valence-corrected chi connectivity index (χ0v) is 14.0. The second-order valence-electron chi connectivity index (χ2n) is 5.42. The minimum Gasteiger partial charge on any atom is -0.490 e. The number of hydrogen-bond acceptors (Lipinski definition) is 5. The van der Waals surface area contributed by atoms with Gasteiger partial charge in [-0.25, -0.2) is 4.79 Å². The number of methoxy groups -OCH3 is 1. The molecule has 0 saturated carbocycles. The van der Waals surface area contributed by atoms with Gasteiger partial charge in [0.2, 0.25) is 0 Å². The van der Waals surface area contributed by atoms with Crippen LogP contribution < -0.4 is 10.1 Å². The third-order valence-corrected chi connectivity index (χ3v) is 2.72. The van der Waals surface area contributed by atoms with Crippen molar-refractivity contribution in [2.24, 2.45) is 0 Å². The zero-order chi connectivity index (χ0) is 17.6. The average molecular weight is 341 g/mol. The van der Waals surface area contributed by atoms with E-state index in [2.05, 4.69) is 17.2 Å². The molecule has 0 unspecified atom stereocenters. The predicted octanol–water partition coefficient (Wildman–Crippen LogP) is 3.13. The maximum Gasteiger partial charge on any atom is 0.408 e. The number of nitro benzene ring substituents is 1. The highest BCUT2D eigenvalue weighted by Crippen LogP contribution is 2.32. The molecule has 0 bridgehead atoms. The van der Waals surface area contributed by atoms with Gasteiger partial charge in [-0.1, -0.05) is 23.4 Å². The molecule has 124 valence electrons. The van der Waals surface area contributed by atoms with Gasteiger partial charge in [-0.05, 0) is 20.8 Å². The van der Waals surface area contributed by atoms with Crippen LogP contribution in [0.5, 0.6) is 5.75 Å². The first-order valence-electron chi connectivity index (χ1n) is 6.61. The molecule has 1 aromatic rings. The van der Waals surface area contributed by atoms with E-state index in [1.807, 2.05) is 0 Å². The van der Waals surface area contributed by atoms with Crippen molar-refractivity contribution in [3.63, 3.8) is 0 Å². The van der Waals surface area contributed by atoms with Crippen LogP contribution in [0.3, 0.4) is 0 Å². The number of carbonyl (C=O) groups is 1. The van der Waals surface area contributed by atoms with Crippen molar-refractivity contribution in [2.75, 3.05) is 13.7 Å². The molecule has 0 spiro atoms. The number of nitrogens with zero attached hydrogens (tertiary/aromatic N) is 1.